The van der Waals surface area contributed by atoms with Crippen LogP contribution in [0.3, 0.4) is 0 Å². The Balaban J connectivity index is 2.87. The lowest BCUT2D eigenvalue weighted by Crippen LogP contribution is -1.83. The average molecular weight is 144 g/mol. The molecule has 0 saturated heterocycles. The first-order valence-electron chi connectivity index (χ1n) is 3.46. The second kappa shape index (κ2) is 3.68. The Morgan fingerprint density at radius 2 is 2.27 bits per heavy atom. The van der Waals surface area contributed by atoms with Crippen LogP contribution in [0.25, 0.3) is 0 Å². The first kappa shape index (κ1) is 7.68. The predicted molar refractivity (Wildman–Crippen MR) is 47.7 cm³/mol. The first-order valence-corrected chi connectivity index (χ1v) is 3.46. The molecule has 0 spiro atoms. The fraction of sp³-hybridized carbons (Fsp3) is 0.100. The molecule has 0 amide bonds. The minimum Gasteiger partial charge on any atom is -0.399 e. The van der Waals surface area contributed by atoms with Crippen LogP contribution in [-0.2, 0) is 0 Å². The molecule has 1 nitrogen and oxygen atoms in total. The summed E-state index contributed by atoms with van der Waals surface area (Å²) in [4.78, 5) is 0. The van der Waals surface area contributed by atoms with Crippen LogP contribution in [0.2, 0.25) is 0 Å². The van der Waals surface area contributed by atoms with Gasteiger partial charge in [0.2, 0.25) is 0 Å². The number of benzene rings is 1. The van der Waals surface area contributed by atoms with Gasteiger partial charge in [0.1, 0.15) is 0 Å². The van der Waals surface area contributed by atoms with E-state index < -0.39 is 0 Å². The van der Waals surface area contributed by atoms with E-state index in [2.05, 4.69) is 18.8 Å². The van der Waals surface area contributed by atoms with E-state index in [4.69, 9.17) is 5.73 Å². The second-order valence-corrected chi connectivity index (χ2v) is 2.18. The van der Waals surface area contributed by atoms with Crippen molar-refractivity contribution in [1.29, 1.82) is 0 Å². The lowest BCUT2D eigenvalue weighted by atomic mass is 10.2. The molecule has 11 heavy (non-hydrogen) atoms. The molecule has 55 valence electrons. The van der Waals surface area contributed by atoms with E-state index in [1.54, 1.807) is 0 Å². The third-order valence-corrected chi connectivity index (χ3v) is 1.24. The highest BCUT2D eigenvalue weighted by Crippen LogP contribution is 2.04. The number of anilines is 1. The fourth-order valence-corrected chi connectivity index (χ4v) is 0.781. The highest BCUT2D eigenvalue weighted by atomic mass is 14.5. The van der Waals surface area contributed by atoms with E-state index in [0.29, 0.717) is 6.42 Å². The number of nitrogens with two attached hydrogens (primary N) is 1. The van der Waals surface area contributed by atoms with Gasteiger partial charge in [0.05, 0.1) is 0 Å². The molecular formula is C10H10N. The number of rotatable bonds is 0. The van der Waals surface area contributed by atoms with E-state index in [1.807, 2.05) is 24.3 Å². The molecule has 0 fully saturated rings. The van der Waals surface area contributed by atoms with Gasteiger partial charge < -0.3 is 5.73 Å². The van der Waals surface area contributed by atoms with Crippen LogP contribution in [0.15, 0.2) is 24.3 Å². The third kappa shape index (κ3) is 2.35. The smallest absolute Gasteiger partial charge is 0.0326 e. The van der Waals surface area contributed by atoms with E-state index in [1.165, 1.54) is 0 Å². The third-order valence-electron chi connectivity index (χ3n) is 1.24. The van der Waals surface area contributed by atoms with Crippen molar-refractivity contribution in [3.8, 4) is 11.8 Å². The number of hydrogen-bond acceptors (Lipinski definition) is 1. The monoisotopic (exact) mass is 144 g/mol. The summed E-state index contributed by atoms with van der Waals surface area (Å²) >= 11 is 0. The van der Waals surface area contributed by atoms with Crippen molar-refractivity contribution in [1.82, 2.24) is 0 Å². The summed E-state index contributed by atoms with van der Waals surface area (Å²) in [5, 5.41) is 0. The van der Waals surface area contributed by atoms with E-state index >= 15 is 0 Å². The average Bonchev–Trinajstić information content (AvgIpc) is 2.01. The van der Waals surface area contributed by atoms with E-state index in [-0.39, 0.29) is 0 Å². The lowest BCUT2D eigenvalue weighted by molar-refractivity contribution is 1.48. The normalized spacial score (nSPS) is 8.45. The van der Waals surface area contributed by atoms with Crippen molar-refractivity contribution in [3.63, 3.8) is 0 Å². The fourth-order valence-electron chi connectivity index (χ4n) is 0.781. The molecule has 1 aromatic rings. The summed E-state index contributed by atoms with van der Waals surface area (Å²) in [5.74, 6) is 5.82. The Kier molecular flexibility index (Phi) is 2.57. The van der Waals surface area contributed by atoms with E-state index in [0.717, 1.165) is 11.3 Å². The molecule has 1 rings (SSSR count). The molecule has 0 aromatic heterocycles. The first-order chi connectivity index (χ1) is 5.33. The van der Waals surface area contributed by atoms with Crippen molar-refractivity contribution in [2.75, 3.05) is 5.73 Å². The highest BCUT2D eigenvalue weighted by Gasteiger charge is 1.85. The standard InChI is InChI=1S/C10H10N/c1-2-3-5-9-6-4-7-10(11)8-9/h4,6-8H,1-2,11H2. The van der Waals surface area contributed by atoms with Crippen molar-refractivity contribution >= 4 is 5.69 Å². The van der Waals surface area contributed by atoms with Gasteiger partial charge in [-0.2, -0.15) is 0 Å². The van der Waals surface area contributed by atoms with Gasteiger partial charge in [-0.3, -0.25) is 0 Å². The van der Waals surface area contributed by atoms with Crippen molar-refractivity contribution in [2.45, 2.75) is 6.42 Å². The molecule has 2 N–H and O–H groups in total. The van der Waals surface area contributed by atoms with Gasteiger partial charge >= 0.3 is 0 Å². The Morgan fingerprint density at radius 1 is 1.45 bits per heavy atom. The maximum atomic E-state index is 5.55. The highest BCUT2D eigenvalue weighted by molar-refractivity contribution is 5.46. The molecule has 0 aliphatic rings. The maximum absolute atomic E-state index is 5.55. The van der Waals surface area contributed by atoms with Gasteiger partial charge in [0.15, 0.2) is 0 Å². The lowest BCUT2D eigenvalue weighted by Gasteiger charge is -1.91. The van der Waals surface area contributed by atoms with Gasteiger partial charge in [0, 0.05) is 17.7 Å². The molecular weight excluding hydrogens is 134 g/mol. The van der Waals surface area contributed by atoms with Gasteiger partial charge in [0.25, 0.3) is 0 Å². The molecule has 0 heterocycles. The summed E-state index contributed by atoms with van der Waals surface area (Å²) in [5.41, 5.74) is 7.25. The maximum Gasteiger partial charge on any atom is 0.0326 e. The van der Waals surface area contributed by atoms with Crippen LogP contribution in [0.4, 0.5) is 5.69 Å². The SMILES string of the molecule is [CH2]CC#Cc1cccc(N)c1. The van der Waals surface area contributed by atoms with Gasteiger partial charge in [-0.25, -0.2) is 0 Å². The summed E-state index contributed by atoms with van der Waals surface area (Å²) in [7, 11) is 0. The molecule has 0 unspecified atom stereocenters. The zero-order valence-corrected chi connectivity index (χ0v) is 6.30. The molecule has 0 saturated carbocycles. The molecule has 1 radical (unpaired) electrons. The quantitative estimate of drug-likeness (QED) is 0.436. The Bertz CT molecular complexity index is 291. The summed E-state index contributed by atoms with van der Waals surface area (Å²) in [6.45, 7) is 3.62. The Morgan fingerprint density at radius 3 is 2.91 bits per heavy atom. The number of nitrogen functional groups attached to an aromatic ring is 1. The Labute approximate surface area is 67.2 Å². The Hall–Kier alpha value is -1.42. The van der Waals surface area contributed by atoms with Crippen molar-refractivity contribution < 1.29 is 0 Å². The van der Waals surface area contributed by atoms with Crippen molar-refractivity contribution in [2.24, 2.45) is 0 Å². The topological polar surface area (TPSA) is 26.0 Å². The molecule has 0 aliphatic carbocycles. The molecule has 0 atom stereocenters. The van der Waals surface area contributed by atoms with Crippen LogP contribution < -0.4 is 5.73 Å². The van der Waals surface area contributed by atoms with Crippen LogP contribution in [-0.4, -0.2) is 0 Å². The summed E-state index contributed by atoms with van der Waals surface area (Å²) in [6, 6.07) is 7.51. The van der Waals surface area contributed by atoms with E-state index in [9.17, 15) is 0 Å². The van der Waals surface area contributed by atoms with Crippen LogP contribution in [0.5, 0.6) is 0 Å². The van der Waals surface area contributed by atoms with Crippen LogP contribution in [0.1, 0.15) is 12.0 Å². The molecule has 1 heteroatoms. The van der Waals surface area contributed by atoms with Crippen LogP contribution >= 0.6 is 0 Å². The largest absolute Gasteiger partial charge is 0.399 e. The predicted octanol–water partition coefficient (Wildman–Crippen LogP) is 1.84. The minimum absolute atomic E-state index is 0.634. The zero-order valence-electron chi connectivity index (χ0n) is 6.30. The van der Waals surface area contributed by atoms with Gasteiger partial charge in [-0.05, 0) is 25.1 Å². The van der Waals surface area contributed by atoms with Crippen molar-refractivity contribution in [3.05, 3.63) is 36.8 Å². The number of hydrogen-bond donors (Lipinski definition) is 1. The van der Waals surface area contributed by atoms with Gasteiger partial charge in [-0.15, -0.1) is 0 Å². The molecule has 0 aliphatic heterocycles. The van der Waals surface area contributed by atoms with Crippen LogP contribution in [0, 0.1) is 18.8 Å². The molecule has 0 bridgehead atoms. The summed E-state index contributed by atoms with van der Waals surface area (Å²) in [6.07, 6.45) is 0.634. The van der Waals surface area contributed by atoms with Gasteiger partial charge in [-0.1, -0.05) is 17.9 Å². The summed E-state index contributed by atoms with van der Waals surface area (Å²) < 4.78 is 0. The zero-order chi connectivity index (χ0) is 8.10. The molecule has 1 aromatic carbocycles. The minimum atomic E-state index is 0.634. The second-order valence-electron chi connectivity index (χ2n) is 2.18.